The van der Waals surface area contributed by atoms with E-state index in [1.165, 1.54) is 31.0 Å². The molecule has 0 bridgehead atoms. The number of nitrogens with zero attached hydrogens (tertiary/aromatic N) is 5. The lowest BCUT2D eigenvalue weighted by Crippen LogP contribution is -2.42. The second-order valence-electron chi connectivity index (χ2n) is 6.14. The van der Waals surface area contributed by atoms with Crippen molar-refractivity contribution in [2.45, 2.75) is 74.4 Å². The van der Waals surface area contributed by atoms with E-state index in [1.807, 2.05) is 23.6 Å². The first-order chi connectivity index (χ1) is 10.2. The van der Waals surface area contributed by atoms with Crippen LogP contribution < -0.4 is 0 Å². The van der Waals surface area contributed by atoms with Gasteiger partial charge >= 0.3 is 0 Å². The van der Waals surface area contributed by atoms with E-state index >= 15 is 0 Å². The molecule has 3 rings (SSSR count). The largest absolute Gasteiger partial charge is 0.342 e. The summed E-state index contributed by atoms with van der Waals surface area (Å²) in [6.07, 6.45) is 8.34. The van der Waals surface area contributed by atoms with Gasteiger partial charge in [-0.15, -0.1) is 5.10 Å². The summed E-state index contributed by atoms with van der Waals surface area (Å²) < 4.78 is 1.87. The fraction of sp³-hybridized carbons (Fsp3) is 0.857. The first-order valence-electron chi connectivity index (χ1n) is 7.88. The average molecular weight is 309 g/mol. The number of aromatic nitrogens is 4. The summed E-state index contributed by atoms with van der Waals surface area (Å²) in [6.45, 7) is 1.96. The summed E-state index contributed by atoms with van der Waals surface area (Å²) in [5.41, 5.74) is 0. The second kappa shape index (κ2) is 6.34. The molecule has 21 heavy (non-hydrogen) atoms. The number of tetrazole rings is 1. The maximum absolute atomic E-state index is 12.6. The molecule has 0 radical (unpaired) electrons. The highest BCUT2D eigenvalue weighted by Crippen LogP contribution is 2.37. The molecule has 1 atom stereocenters. The maximum atomic E-state index is 12.6. The minimum Gasteiger partial charge on any atom is -0.342 e. The quantitative estimate of drug-likeness (QED) is 0.781. The molecule has 1 aromatic rings. The Morgan fingerprint density at radius 2 is 2.00 bits per heavy atom. The van der Waals surface area contributed by atoms with E-state index in [4.69, 9.17) is 0 Å². The molecule has 0 saturated heterocycles. The molecule has 2 aliphatic carbocycles. The van der Waals surface area contributed by atoms with Crippen LogP contribution in [0.2, 0.25) is 0 Å². The molecule has 0 spiro atoms. The fourth-order valence-corrected chi connectivity index (χ4v) is 3.92. The monoisotopic (exact) mass is 309 g/mol. The van der Waals surface area contributed by atoms with Gasteiger partial charge in [0.1, 0.15) is 0 Å². The molecule has 0 aliphatic heterocycles. The van der Waals surface area contributed by atoms with Gasteiger partial charge in [0.15, 0.2) is 0 Å². The van der Waals surface area contributed by atoms with Crippen molar-refractivity contribution in [3.63, 3.8) is 0 Å². The number of amides is 1. The van der Waals surface area contributed by atoms with Gasteiger partial charge in [0.2, 0.25) is 11.1 Å². The van der Waals surface area contributed by atoms with Crippen LogP contribution in [0.4, 0.5) is 0 Å². The van der Waals surface area contributed by atoms with Crippen molar-refractivity contribution in [3.05, 3.63) is 0 Å². The van der Waals surface area contributed by atoms with Crippen molar-refractivity contribution < 1.29 is 4.79 Å². The number of carbonyl (C=O) groups is 1. The van der Waals surface area contributed by atoms with E-state index in [0.717, 1.165) is 30.8 Å². The first kappa shape index (κ1) is 14.8. The normalized spacial score (nSPS) is 21.2. The van der Waals surface area contributed by atoms with E-state index in [2.05, 4.69) is 15.5 Å². The fourth-order valence-electron chi connectivity index (χ4n) is 2.95. The van der Waals surface area contributed by atoms with Gasteiger partial charge in [-0.1, -0.05) is 31.0 Å². The van der Waals surface area contributed by atoms with Gasteiger partial charge in [0.25, 0.3) is 0 Å². The number of hydrogen-bond acceptors (Lipinski definition) is 5. The highest BCUT2D eigenvalue weighted by molar-refractivity contribution is 8.00. The number of carbonyl (C=O) groups excluding carboxylic acids is 1. The highest BCUT2D eigenvalue weighted by atomic mass is 32.2. The zero-order chi connectivity index (χ0) is 14.8. The van der Waals surface area contributed by atoms with Crippen LogP contribution in [0.3, 0.4) is 0 Å². The zero-order valence-corrected chi connectivity index (χ0v) is 13.6. The first-order valence-corrected chi connectivity index (χ1v) is 8.76. The Morgan fingerprint density at radius 3 is 2.67 bits per heavy atom. The van der Waals surface area contributed by atoms with Crippen LogP contribution in [0.5, 0.6) is 0 Å². The molecule has 2 saturated carbocycles. The SMILES string of the molecule is CC(Sc1nnnn1C1CC1)C(=O)N(C)C1CCCCC1. The zero-order valence-electron chi connectivity index (χ0n) is 12.7. The van der Waals surface area contributed by atoms with Crippen molar-refractivity contribution in [2.24, 2.45) is 0 Å². The standard InChI is InChI=1S/C14H23N5OS/c1-10(13(20)18(2)11-6-4-3-5-7-11)21-14-15-16-17-19(14)12-8-9-12/h10-12H,3-9H2,1-2H3. The van der Waals surface area contributed by atoms with Crippen LogP contribution in [0, 0.1) is 0 Å². The molecule has 0 N–H and O–H groups in total. The smallest absolute Gasteiger partial charge is 0.235 e. The Morgan fingerprint density at radius 1 is 1.29 bits per heavy atom. The van der Waals surface area contributed by atoms with Crippen molar-refractivity contribution >= 4 is 17.7 Å². The number of hydrogen-bond donors (Lipinski definition) is 0. The van der Waals surface area contributed by atoms with Crippen molar-refractivity contribution in [1.82, 2.24) is 25.1 Å². The molecule has 7 heteroatoms. The van der Waals surface area contributed by atoms with Gasteiger partial charge in [-0.25, -0.2) is 4.68 Å². The maximum Gasteiger partial charge on any atom is 0.235 e. The molecule has 1 amide bonds. The topological polar surface area (TPSA) is 63.9 Å². The van der Waals surface area contributed by atoms with Crippen LogP contribution in [0.15, 0.2) is 5.16 Å². The molecule has 1 aromatic heterocycles. The molecule has 0 aromatic carbocycles. The van der Waals surface area contributed by atoms with Gasteiger partial charge in [0.05, 0.1) is 11.3 Å². The van der Waals surface area contributed by atoms with E-state index in [0.29, 0.717) is 12.1 Å². The summed E-state index contributed by atoms with van der Waals surface area (Å²) in [7, 11) is 1.94. The highest BCUT2D eigenvalue weighted by Gasteiger charge is 2.31. The Balaban J connectivity index is 1.59. The predicted octanol–water partition coefficient (Wildman–Crippen LogP) is 2.28. The summed E-state index contributed by atoms with van der Waals surface area (Å²) in [5, 5.41) is 12.5. The third kappa shape index (κ3) is 3.39. The lowest BCUT2D eigenvalue weighted by molar-refractivity contribution is -0.131. The Labute approximate surface area is 129 Å². The third-order valence-electron chi connectivity index (χ3n) is 4.46. The van der Waals surface area contributed by atoms with Crippen LogP contribution in [-0.2, 0) is 4.79 Å². The van der Waals surface area contributed by atoms with Gasteiger partial charge in [0, 0.05) is 13.1 Å². The lowest BCUT2D eigenvalue weighted by atomic mass is 9.94. The summed E-state index contributed by atoms with van der Waals surface area (Å²) >= 11 is 1.48. The molecular formula is C14H23N5OS. The van der Waals surface area contributed by atoms with Gasteiger partial charge in [-0.3, -0.25) is 4.79 Å². The molecule has 2 aliphatic rings. The van der Waals surface area contributed by atoms with Crippen LogP contribution in [-0.4, -0.2) is 49.4 Å². The van der Waals surface area contributed by atoms with Crippen LogP contribution >= 0.6 is 11.8 Å². The van der Waals surface area contributed by atoms with Crippen molar-refractivity contribution in [2.75, 3.05) is 7.05 Å². The Bertz CT molecular complexity index is 495. The predicted molar refractivity (Wildman–Crippen MR) is 81.1 cm³/mol. The van der Waals surface area contributed by atoms with Crippen molar-refractivity contribution in [3.8, 4) is 0 Å². The van der Waals surface area contributed by atoms with E-state index < -0.39 is 0 Å². The van der Waals surface area contributed by atoms with E-state index in [1.54, 1.807) is 0 Å². The Hall–Kier alpha value is -1.11. The second-order valence-corrected chi connectivity index (χ2v) is 7.45. The molecular weight excluding hydrogens is 286 g/mol. The average Bonchev–Trinajstić information content (AvgIpc) is 3.26. The number of thioether (sulfide) groups is 1. The van der Waals surface area contributed by atoms with Gasteiger partial charge in [-0.2, -0.15) is 0 Å². The third-order valence-corrected chi connectivity index (χ3v) is 5.49. The summed E-state index contributed by atoms with van der Waals surface area (Å²) in [4.78, 5) is 14.5. The Kier molecular flexibility index (Phi) is 4.47. The van der Waals surface area contributed by atoms with Crippen LogP contribution in [0.25, 0.3) is 0 Å². The lowest BCUT2D eigenvalue weighted by Gasteiger charge is -2.32. The summed E-state index contributed by atoms with van der Waals surface area (Å²) in [5.74, 6) is 0.192. The summed E-state index contributed by atoms with van der Waals surface area (Å²) in [6, 6.07) is 0.856. The molecule has 1 heterocycles. The molecule has 2 fully saturated rings. The van der Waals surface area contributed by atoms with E-state index in [-0.39, 0.29) is 11.2 Å². The molecule has 6 nitrogen and oxygen atoms in total. The minimum atomic E-state index is -0.138. The minimum absolute atomic E-state index is 0.138. The van der Waals surface area contributed by atoms with Gasteiger partial charge in [-0.05, 0) is 43.0 Å². The molecule has 1 unspecified atom stereocenters. The van der Waals surface area contributed by atoms with Gasteiger partial charge < -0.3 is 4.90 Å². The number of rotatable bonds is 5. The van der Waals surface area contributed by atoms with Crippen molar-refractivity contribution in [1.29, 1.82) is 0 Å². The van der Waals surface area contributed by atoms with Crippen LogP contribution in [0.1, 0.15) is 57.9 Å². The molecule has 116 valence electrons. The van der Waals surface area contributed by atoms with E-state index in [9.17, 15) is 4.79 Å².